The van der Waals surface area contributed by atoms with Crippen LogP contribution < -0.4 is 5.32 Å². The van der Waals surface area contributed by atoms with Gasteiger partial charge in [-0.05, 0) is 38.5 Å². The van der Waals surface area contributed by atoms with Gasteiger partial charge in [-0.2, -0.15) is 0 Å². The molecular weight excluding hydrogens is 210 g/mol. The molecule has 0 saturated heterocycles. The zero-order valence-electron chi connectivity index (χ0n) is 9.99. The van der Waals surface area contributed by atoms with E-state index >= 15 is 0 Å². The zero-order chi connectivity index (χ0) is 11.5. The maximum absolute atomic E-state index is 11.0. The van der Waals surface area contributed by atoms with Crippen molar-refractivity contribution in [1.82, 2.24) is 5.32 Å². The molecule has 0 heterocycles. The second kappa shape index (κ2) is 5.30. The van der Waals surface area contributed by atoms with Gasteiger partial charge >= 0.3 is 0 Å². The number of rotatable bonds is 7. The lowest BCUT2D eigenvalue weighted by Crippen LogP contribution is -2.38. The van der Waals surface area contributed by atoms with E-state index in [1.807, 2.05) is 0 Å². The molecule has 1 aliphatic rings. The Kier molecular flexibility index (Phi) is 4.59. The molecule has 0 amide bonds. The van der Waals surface area contributed by atoms with E-state index < -0.39 is 9.84 Å². The second-order valence-corrected chi connectivity index (χ2v) is 7.10. The molecule has 0 aromatic heterocycles. The molecule has 0 aromatic rings. The number of hydrogen-bond acceptors (Lipinski definition) is 3. The van der Waals surface area contributed by atoms with Gasteiger partial charge in [-0.3, -0.25) is 0 Å². The lowest BCUT2D eigenvalue weighted by Gasteiger charge is -2.21. The van der Waals surface area contributed by atoms with Crippen LogP contribution in [0.2, 0.25) is 0 Å². The Hall–Kier alpha value is -0.0900. The number of nitrogens with one attached hydrogen (secondary N) is 1. The molecule has 90 valence electrons. The van der Waals surface area contributed by atoms with Crippen molar-refractivity contribution in [3.8, 4) is 0 Å². The van der Waals surface area contributed by atoms with Crippen molar-refractivity contribution in [2.75, 3.05) is 12.0 Å². The summed E-state index contributed by atoms with van der Waals surface area (Å²) in [5.41, 5.74) is 0. The Morgan fingerprint density at radius 1 is 1.40 bits per heavy atom. The lowest BCUT2D eigenvalue weighted by molar-refractivity contribution is 0.392. The van der Waals surface area contributed by atoms with E-state index in [-0.39, 0.29) is 0 Å². The van der Waals surface area contributed by atoms with E-state index in [2.05, 4.69) is 19.2 Å². The molecule has 4 heteroatoms. The van der Waals surface area contributed by atoms with Gasteiger partial charge in [0.25, 0.3) is 0 Å². The van der Waals surface area contributed by atoms with Crippen LogP contribution >= 0.6 is 0 Å². The van der Waals surface area contributed by atoms with Crippen LogP contribution in [0.25, 0.3) is 0 Å². The summed E-state index contributed by atoms with van der Waals surface area (Å²) in [4.78, 5) is 0. The Morgan fingerprint density at radius 2 is 2.00 bits per heavy atom. The Morgan fingerprint density at radius 3 is 2.40 bits per heavy atom. The minimum absolute atomic E-state index is 0.294. The normalized spacial score (nSPS) is 21.3. The molecule has 1 aliphatic carbocycles. The Balaban J connectivity index is 2.24. The Labute approximate surface area is 93.6 Å². The molecule has 2 atom stereocenters. The molecule has 0 aromatic carbocycles. The zero-order valence-corrected chi connectivity index (χ0v) is 10.8. The van der Waals surface area contributed by atoms with Crippen molar-refractivity contribution in [2.24, 2.45) is 5.92 Å². The number of hydrogen-bond donors (Lipinski definition) is 1. The van der Waals surface area contributed by atoms with E-state index in [4.69, 9.17) is 0 Å². The molecule has 2 unspecified atom stereocenters. The van der Waals surface area contributed by atoms with Crippen molar-refractivity contribution in [1.29, 1.82) is 0 Å². The third-order valence-electron chi connectivity index (χ3n) is 3.05. The summed E-state index contributed by atoms with van der Waals surface area (Å²) in [5, 5.41) is 3.54. The summed E-state index contributed by atoms with van der Waals surface area (Å²) in [6, 6.07) is 0.907. The third-order valence-corrected chi connectivity index (χ3v) is 4.03. The standard InChI is InChI=1S/C11H23NO2S/c1-4-11(10-5-6-10)12-9(2)7-8-15(3,13)14/h9-12H,4-8H2,1-3H3. The van der Waals surface area contributed by atoms with Gasteiger partial charge in [0.15, 0.2) is 0 Å². The van der Waals surface area contributed by atoms with Crippen molar-refractivity contribution in [3.63, 3.8) is 0 Å². The smallest absolute Gasteiger partial charge is 0.147 e. The SMILES string of the molecule is CCC(NC(C)CCS(C)(=O)=O)C1CC1. The Bertz CT molecular complexity index is 283. The van der Waals surface area contributed by atoms with Crippen molar-refractivity contribution in [2.45, 2.75) is 51.6 Å². The predicted molar refractivity (Wildman–Crippen MR) is 63.7 cm³/mol. The molecule has 0 aliphatic heterocycles. The first-order valence-electron chi connectivity index (χ1n) is 5.86. The molecule has 15 heavy (non-hydrogen) atoms. The first kappa shape index (κ1) is 13.0. The minimum Gasteiger partial charge on any atom is -0.311 e. The third kappa shape index (κ3) is 5.52. The maximum atomic E-state index is 11.0. The topological polar surface area (TPSA) is 46.2 Å². The summed E-state index contributed by atoms with van der Waals surface area (Å²) >= 11 is 0. The first-order valence-corrected chi connectivity index (χ1v) is 7.92. The summed E-state index contributed by atoms with van der Waals surface area (Å²) in [6.07, 6.45) is 5.85. The number of sulfone groups is 1. The molecule has 1 fully saturated rings. The van der Waals surface area contributed by atoms with Crippen LogP contribution in [-0.2, 0) is 9.84 Å². The minimum atomic E-state index is -2.81. The molecule has 0 bridgehead atoms. The van der Waals surface area contributed by atoms with Crippen molar-refractivity contribution < 1.29 is 8.42 Å². The average Bonchev–Trinajstić information content (AvgIpc) is 2.93. The molecule has 0 radical (unpaired) electrons. The highest BCUT2D eigenvalue weighted by molar-refractivity contribution is 7.90. The quantitative estimate of drug-likeness (QED) is 0.726. The molecular formula is C11H23NO2S. The van der Waals surface area contributed by atoms with Gasteiger partial charge in [0.1, 0.15) is 9.84 Å². The maximum Gasteiger partial charge on any atom is 0.147 e. The summed E-state index contributed by atoms with van der Waals surface area (Å²) in [7, 11) is -2.81. The first-order chi connectivity index (χ1) is 6.92. The van der Waals surface area contributed by atoms with Crippen LogP contribution in [0.1, 0.15) is 39.5 Å². The highest BCUT2D eigenvalue weighted by Gasteiger charge is 2.30. The van der Waals surface area contributed by atoms with Gasteiger partial charge in [-0.25, -0.2) is 8.42 Å². The largest absolute Gasteiger partial charge is 0.311 e. The van der Waals surface area contributed by atoms with Gasteiger partial charge in [0.05, 0.1) is 5.75 Å². The second-order valence-electron chi connectivity index (χ2n) is 4.84. The van der Waals surface area contributed by atoms with Gasteiger partial charge in [-0.1, -0.05) is 6.92 Å². The van der Waals surface area contributed by atoms with Crippen LogP contribution in [0.3, 0.4) is 0 Å². The van der Waals surface area contributed by atoms with Crippen LogP contribution in [0.5, 0.6) is 0 Å². The predicted octanol–water partition coefficient (Wildman–Crippen LogP) is 1.59. The van der Waals surface area contributed by atoms with E-state index in [0.29, 0.717) is 17.8 Å². The fraction of sp³-hybridized carbons (Fsp3) is 1.00. The van der Waals surface area contributed by atoms with Gasteiger partial charge in [0, 0.05) is 18.3 Å². The molecule has 1 rings (SSSR count). The van der Waals surface area contributed by atoms with Gasteiger partial charge < -0.3 is 5.32 Å². The van der Waals surface area contributed by atoms with Crippen molar-refractivity contribution in [3.05, 3.63) is 0 Å². The highest BCUT2D eigenvalue weighted by Crippen LogP contribution is 2.34. The van der Waals surface area contributed by atoms with Crippen LogP contribution in [0, 0.1) is 5.92 Å². The summed E-state index contributed by atoms with van der Waals surface area (Å²) < 4.78 is 22.0. The monoisotopic (exact) mass is 233 g/mol. The van der Waals surface area contributed by atoms with Crippen LogP contribution in [0.15, 0.2) is 0 Å². The lowest BCUT2D eigenvalue weighted by atomic mass is 10.1. The van der Waals surface area contributed by atoms with Gasteiger partial charge in [0.2, 0.25) is 0 Å². The van der Waals surface area contributed by atoms with E-state index in [0.717, 1.165) is 18.8 Å². The van der Waals surface area contributed by atoms with E-state index in [9.17, 15) is 8.42 Å². The van der Waals surface area contributed by atoms with Gasteiger partial charge in [-0.15, -0.1) is 0 Å². The molecule has 3 nitrogen and oxygen atoms in total. The fourth-order valence-electron chi connectivity index (χ4n) is 1.93. The molecule has 0 spiro atoms. The van der Waals surface area contributed by atoms with Crippen LogP contribution in [0.4, 0.5) is 0 Å². The van der Waals surface area contributed by atoms with E-state index in [1.165, 1.54) is 19.1 Å². The summed E-state index contributed by atoms with van der Waals surface area (Å²) in [5.74, 6) is 1.14. The summed E-state index contributed by atoms with van der Waals surface area (Å²) in [6.45, 7) is 4.27. The van der Waals surface area contributed by atoms with E-state index in [1.54, 1.807) is 0 Å². The van der Waals surface area contributed by atoms with Crippen LogP contribution in [-0.4, -0.2) is 32.5 Å². The molecule has 1 saturated carbocycles. The molecule has 1 N–H and O–H groups in total. The average molecular weight is 233 g/mol. The van der Waals surface area contributed by atoms with Crippen molar-refractivity contribution >= 4 is 9.84 Å². The highest BCUT2D eigenvalue weighted by atomic mass is 32.2. The fourth-order valence-corrected chi connectivity index (χ4v) is 2.71.